The molecule has 0 aromatic heterocycles. The largest absolute Gasteiger partial charge is 0.294 e. The van der Waals surface area contributed by atoms with Crippen LogP contribution in [0.5, 0.6) is 0 Å². The molecule has 0 aliphatic heterocycles. The van der Waals surface area contributed by atoms with Crippen LogP contribution in [0.3, 0.4) is 0 Å². The first-order chi connectivity index (χ1) is 13.6. The lowest BCUT2D eigenvalue weighted by molar-refractivity contribution is 0.0923. The van der Waals surface area contributed by atoms with Crippen molar-refractivity contribution in [2.45, 2.75) is 94.4 Å². The number of hydrogen-bond acceptors (Lipinski definition) is 1. The van der Waals surface area contributed by atoms with Crippen molar-refractivity contribution in [1.29, 1.82) is 0 Å². The van der Waals surface area contributed by atoms with Gasteiger partial charge in [-0.3, -0.25) is 4.79 Å². The lowest BCUT2D eigenvalue weighted by Crippen LogP contribution is -2.13. The molecule has 0 spiro atoms. The third-order valence-electron chi connectivity index (χ3n) is 4.82. The molecule has 1 nitrogen and oxygen atoms in total. The van der Waals surface area contributed by atoms with Gasteiger partial charge < -0.3 is 0 Å². The predicted molar refractivity (Wildman–Crippen MR) is 132 cm³/mol. The average molecular weight is 399 g/mol. The smallest absolute Gasteiger partial charge is 0.165 e. The maximum Gasteiger partial charge on any atom is 0.165 e. The fraction of sp³-hybridized carbons (Fsp3) is 0.536. The lowest BCUT2D eigenvalue weighted by atomic mass is 9.91. The number of benzene rings is 2. The Hall–Kier alpha value is -1.89. The number of rotatable bonds is 9. The number of carbonyl (C=O) groups is 1. The molecule has 0 bridgehead atoms. The Morgan fingerprint density at radius 1 is 0.828 bits per heavy atom. The first-order valence-corrected chi connectivity index (χ1v) is 11.3. The summed E-state index contributed by atoms with van der Waals surface area (Å²) in [7, 11) is 0. The molecule has 164 valence electrons. The van der Waals surface area contributed by atoms with Gasteiger partial charge in [0.25, 0.3) is 0 Å². The number of unbranched alkanes of at least 4 members (excludes halogenated alkanes) is 2. The Morgan fingerprint density at radius 3 is 1.86 bits per heavy atom. The van der Waals surface area contributed by atoms with Gasteiger partial charge in [0.05, 0.1) is 0 Å². The quantitative estimate of drug-likeness (QED) is 0.304. The van der Waals surface area contributed by atoms with E-state index in [2.05, 4.69) is 31.2 Å². The van der Waals surface area contributed by atoms with E-state index in [0.717, 1.165) is 24.0 Å². The van der Waals surface area contributed by atoms with E-state index in [1.165, 1.54) is 36.8 Å². The minimum absolute atomic E-state index is 0. The highest BCUT2D eigenvalue weighted by molar-refractivity contribution is 5.98. The second-order valence-corrected chi connectivity index (χ2v) is 6.89. The van der Waals surface area contributed by atoms with Crippen LogP contribution in [0.15, 0.2) is 48.5 Å². The van der Waals surface area contributed by atoms with Gasteiger partial charge in [0.15, 0.2) is 5.78 Å². The van der Waals surface area contributed by atoms with Crippen LogP contribution >= 0.6 is 0 Å². The molecule has 1 unspecified atom stereocenters. The van der Waals surface area contributed by atoms with E-state index >= 15 is 0 Å². The molecule has 0 radical (unpaired) electrons. The second kappa shape index (κ2) is 18.2. The molecule has 0 N–H and O–H groups in total. The normalized spacial score (nSPS) is 10.4. The van der Waals surface area contributed by atoms with Gasteiger partial charge >= 0.3 is 0 Å². The van der Waals surface area contributed by atoms with Crippen LogP contribution in [0.1, 0.15) is 102 Å². The molecule has 2 rings (SSSR count). The first kappa shape index (κ1) is 29.3. The van der Waals surface area contributed by atoms with Gasteiger partial charge in [0.2, 0.25) is 0 Å². The summed E-state index contributed by atoms with van der Waals surface area (Å²) >= 11 is 0. The molecule has 1 atom stereocenters. The Labute approximate surface area is 182 Å². The highest BCUT2D eigenvalue weighted by Gasteiger charge is 2.16. The van der Waals surface area contributed by atoms with Gasteiger partial charge in [0.1, 0.15) is 0 Å². The summed E-state index contributed by atoms with van der Waals surface area (Å²) in [6.07, 6.45) is 6.90. The molecule has 0 saturated carbocycles. The Kier molecular flexibility index (Phi) is 18.4. The number of hydrogen-bond donors (Lipinski definition) is 0. The van der Waals surface area contributed by atoms with Crippen molar-refractivity contribution in [2.75, 3.05) is 0 Å². The summed E-state index contributed by atoms with van der Waals surface area (Å²) in [6.45, 7) is 14.3. The number of carbonyl (C=O) groups excluding carboxylic acids is 1. The van der Waals surface area contributed by atoms with Crippen molar-refractivity contribution in [3.8, 4) is 0 Å². The summed E-state index contributed by atoms with van der Waals surface area (Å²) in [5.41, 5.74) is 4.71. The second-order valence-electron chi connectivity index (χ2n) is 6.89. The van der Waals surface area contributed by atoms with Crippen molar-refractivity contribution in [2.24, 2.45) is 5.92 Å². The first-order valence-electron chi connectivity index (χ1n) is 11.3. The highest BCUT2D eigenvalue weighted by Crippen LogP contribution is 2.18. The monoisotopic (exact) mass is 398 g/mol. The molecule has 0 amide bonds. The standard InChI is InChI=1S/C23H30O.2C2H6.CH4/c1-4-5-6-10-20-14-16-21(17-15-20)13-12-19(3)23(24)22-11-8-7-9-18(22)2;2*1-2;/h7-9,11,14-17,19H,4-6,10,12-13H2,1-3H3;2*1-2H3;1H4. The van der Waals surface area contributed by atoms with Crippen LogP contribution in [0.4, 0.5) is 0 Å². The zero-order valence-corrected chi connectivity index (χ0v) is 19.3. The Bertz CT molecular complexity index is 640. The maximum atomic E-state index is 12.6. The number of aryl methyl sites for hydroxylation is 3. The van der Waals surface area contributed by atoms with Crippen molar-refractivity contribution in [3.05, 3.63) is 70.8 Å². The van der Waals surface area contributed by atoms with E-state index in [0.29, 0.717) is 0 Å². The van der Waals surface area contributed by atoms with Gasteiger partial charge in [-0.25, -0.2) is 0 Å². The minimum atomic E-state index is 0. The SMILES string of the molecule is C.CC.CC.CCCCCc1ccc(CCC(C)C(=O)c2ccccc2C)cc1. The Balaban J connectivity index is 0. The van der Waals surface area contributed by atoms with Crippen molar-refractivity contribution >= 4 is 5.78 Å². The molecule has 2 aromatic rings. The summed E-state index contributed by atoms with van der Waals surface area (Å²) < 4.78 is 0. The molecular weight excluding hydrogens is 352 g/mol. The van der Waals surface area contributed by atoms with Crippen LogP contribution in [0.25, 0.3) is 0 Å². The molecule has 0 aliphatic carbocycles. The van der Waals surface area contributed by atoms with E-state index in [1.54, 1.807) is 0 Å². The fourth-order valence-corrected chi connectivity index (χ4v) is 3.08. The van der Waals surface area contributed by atoms with E-state index in [-0.39, 0.29) is 19.1 Å². The zero-order valence-electron chi connectivity index (χ0n) is 19.3. The molecule has 0 fully saturated rings. The molecule has 0 heterocycles. The van der Waals surface area contributed by atoms with Gasteiger partial charge in [0, 0.05) is 11.5 Å². The minimum Gasteiger partial charge on any atom is -0.294 e. The topological polar surface area (TPSA) is 17.1 Å². The molecule has 2 aromatic carbocycles. The third-order valence-corrected chi connectivity index (χ3v) is 4.82. The van der Waals surface area contributed by atoms with Crippen LogP contribution in [0.2, 0.25) is 0 Å². The van der Waals surface area contributed by atoms with Crippen LogP contribution in [0, 0.1) is 12.8 Å². The van der Waals surface area contributed by atoms with Gasteiger partial charge in [-0.2, -0.15) is 0 Å². The van der Waals surface area contributed by atoms with Gasteiger partial charge in [-0.05, 0) is 49.3 Å². The van der Waals surface area contributed by atoms with Crippen molar-refractivity contribution < 1.29 is 4.79 Å². The van der Waals surface area contributed by atoms with E-state index in [1.807, 2.05) is 65.8 Å². The summed E-state index contributed by atoms with van der Waals surface area (Å²) in [5, 5.41) is 0. The fourth-order valence-electron chi connectivity index (χ4n) is 3.08. The van der Waals surface area contributed by atoms with Gasteiger partial charge in [-0.15, -0.1) is 0 Å². The van der Waals surface area contributed by atoms with E-state index in [4.69, 9.17) is 0 Å². The average Bonchev–Trinajstić information content (AvgIpc) is 2.76. The van der Waals surface area contributed by atoms with Crippen molar-refractivity contribution in [1.82, 2.24) is 0 Å². The van der Waals surface area contributed by atoms with E-state index < -0.39 is 0 Å². The van der Waals surface area contributed by atoms with Crippen LogP contribution < -0.4 is 0 Å². The predicted octanol–water partition coefficient (Wildman–Crippen LogP) is 8.87. The highest BCUT2D eigenvalue weighted by atomic mass is 16.1. The summed E-state index contributed by atoms with van der Waals surface area (Å²) in [6, 6.07) is 16.8. The number of ketones is 1. The lowest BCUT2D eigenvalue weighted by Gasteiger charge is -2.12. The maximum absolute atomic E-state index is 12.6. The molecule has 0 saturated heterocycles. The van der Waals surface area contributed by atoms with Gasteiger partial charge in [-0.1, -0.05) is 110 Å². The third kappa shape index (κ3) is 11.0. The summed E-state index contributed by atoms with van der Waals surface area (Å²) in [4.78, 5) is 12.6. The molecule has 1 heteroatoms. The van der Waals surface area contributed by atoms with Crippen LogP contribution in [-0.2, 0) is 12.8 Å². The Morgan fingerprint density at radius 2 is 1.34 bits per heavy atom. The summed E-state index contributed by atoms with van der Waals surface area (Å²) in [5.74, 6) is 0.333. The molecule has 29 heavy (non-hydrogen) atoms. The molecule has 0 aliphatic rings. The van der Waals surface area contributed by atoms with Crippen LogP contribution in [-0.4, -0.2) is 5.78 Å². The number of Topliss-reactive ketones (excluding diaryl/α,β-unsaturated/α-hetero) is 1. The zero-order chi connectivity index (χ0) is 21.4. The molecular formula is C28H46O. The van der Waals surface area contributed by atoms with E-state index in [9.17, 15) is 4.79 Å². The van der Waals surface area contributed by atoms with Crippen molar-refractivity contribution in [3.63, 3.8) is 0 Å².